The highest BCUT2D eigenvalue weighted by molar-refractivity contribution is 5.89. The topological polar surface area (TPSA) is 59.4 Å². The smallest absolute Gasteiger partial charge is 0.382 e. The lowest BCUT2D eigenvalue weighted by atomic mass is 9.91. The maximum Gasteiger partial charge on any atom is 0.408 e. The molecule has 1 aliphatic rings. The fraction of sp³-hybridized carbons (Fsp3) is 0.733. The number of methoxy groups -OCH3 is 1. The highest BCUT2D eigenvalue weighted by atomic mass is 19.4. The van der Waals surface area contributed by atoms with Crippen molar-refractivity contribution in [1.82, 2.24) is 14.7 Å². The Morgan fingerprint density at radius 3 is 2.88 bits per heavy atom. The summed E-state index contributed by atoms with van der Waals surface area (Å²) in [6, 6.07) is 1.01. The monoisotopic (exact) mass is 348 g/mol. The number of nitrogens with one attached hydrogen (secondary N) is 1. The van der Waals surface area contributed by atoms with E-state index in [1.807, 2.05) is 6.92 Å². The number of anilines is 1. The molecule has 1 atom stereocenters. The summed E-state index contributed by atoms with van der Waals surface area (Å²) >= 11 is 0. The van der Waals surface area contributed by atoms with E-state index in [1.165, 1.54) is 12.3 Å². The second-order valence-corrected chi connectivity index (χ2v) is 6.11. The summed E-state index contributed by atoms with van der Waals surface area (Å²) in [5.74, 6) is 0.110. The van der Waals surface area contributed by atoms with Gasteiger partial charge in [-0.05, 0) is 19.3 Å². The average molecular weight is 348 g/mol. The van der Waals surface area contributed by atoms with Crippen molar-refractivity contribution >= 4 is 11.8 Å². The van der Waals surface area contributed by atoms with Gasteiger partial charge in [0.2, 0.25) is 0 Å². The molecule has 0 bridgehead atoms. The lowest BCUT2D eigenvalue weighted by molar-refractivity contribution is -0.142. The second-order valence-electron chi connectivity index (χ2n) is 6.11. The summed E-state index contributed by atoms with van der Waals surface area (Å²) in [7, 11) is 1.60. The Hall–Kier alpha value is -1.77. The van der Waals surface area contributed by atoms with Crippen LogP contribution in [0.25, 0.3) is 0 Å². The van der Waals surface area contributed by atoms with Crippen LogP contribution >= 0.6 is 0 Å². The van der Waals surface area contributed by atoms with Crippen molar-refractivity contribution in [2.24, 2.45) is 0 Å². The van der Waals surface area contributed by atoms with Crippen LogP contribution in [0.3, 0.4) is 0 Å². The number of amides is 2. The van der Waals surface area contributed by atoms with Gasteiger partial charge in [0.05, 0.1) is 12.1 Å². The van der Waals surface area contributed by atoms with Gasteiger partial charge in [-0.25, -0.2) is 4.79 Å². The highest BCUT2D eigenvalue weighted by Gasteiger charge is 2.43. The van der Waals surface area contributed by atoms with E-state index in [9.17, 15) is 18.0 Å². The molecule has 0 aromatic carbocycles. The molecular formula is C15H23F3N4O2. The zero-order valence-corrected chi connectivity index (χ0v) is 13.9. The van der Waals surface area contributed by atoms with Gasteiger partial charge < -0.3 is 9.64 Å². The van der Waals surface area contributed by atoms with Crippen LogP contribution in [0.2, 0.25) is 0 Å². The number of aromatic nitrogens is 2. The molecule has 2 rings (SSSR count). The van der Waals surface area contributed by atoms with Crippen LogP contribution in [-0.4, -0.2) is 52.7 Å². The molecule has 6 nitrogen and oxygen atoms in total. The zero-order valence-electron chi connectivity index (χ0n) is 13.9. The SMILES string of the molecule is CCC[C@]1(COC)CCCN1C(=O)Nc1ccn(CC(F)(F)F)n1. The molecule has 0 saturated carbocycles. The summed E-state index contributed by atoms with van der Waals surface area (Å²) < 4.78 is 43.1. The average Bonchev–Trinajstić information content (AvgIpc) is 3.05. The lowest BCUT2D eigenvalue weighted by Crippen LogP contribution is -2.52. The van der Waals surface area contributed by atoms with Crippen LogP contribution in [0.5, 0.6) is 0 Å². The summed E-state index contributed by atoms with van der Waals surface area (Å²) in [5.41, 5.74) is -0.359. The summed E-state index contributed by atoms with van der Waals surface area (Å²) in [6.45, 7) is 1.90. The van der Waals surface area contributed by atoms with Crippen molar-refractivity contribution in [2.75, 3.05) is 25.6 Å². The summed E-state index contributed by atoms with van der Waals surface area (Å²) in [5, 5.41) is 6.35. The van der Waals surface area contributed by atoms with Gasteiger partial charge in [0.25, 0.3) is 0 Å². The third-order valence-electron chi connectivity index (χ3n) is 4.19. The largest absolute Gasteiger partial charge is 0.408 e. The molecule has 136 valence electrons. The van der Waals surface area contributed by atoms with Gasteiger partial charge in [0, 0.05) is 25.9 Å². The van der Waals surface area contributed by atoms with Gasteiger partial charge >= 0.3 is 12.2 Å². The van der Waals surface area contributed by atoms with Gasteiger partial charge in [-0.3, -0.25) is 10.00 Å². The van der Waals surface area contributed by atoms with E-state index in [0.29, 0.717) is 13.2 Å². The normalized spacial score (nSPS) is 21.3. The maximum atomic E-state index is 12.6. The van der Waals surface area contributed by atoms with Crippen molar-refractivity contribution in [3.05, 3.63) is 12.3 Å². The molecule has 0 spiro atoms. The van der Waals surface area contributed by atoms with E-state index in [2.05, 4.69) is 10.4 Å². The molecule has 0 aliphatic carbocycles. The lowest BCUT2D eigenvalue weighted by Gasteiger charge is -2.37. The van der Waals surface area contributed by atoms with Gasteiger partial charge in [-0.15, -0.1) is 0 Å². The van der Waals surface area contributed by atoms with Crippen molar-refractivity contribution in [3.8, 4) is 0 Å². The van der Waals surface area contributed by atoms with Crippen LogP contribution in [-0.2, 0) is 11.3 Å². The Bertz CT molecular complexity index is 553. The number of rotatable bonds is 6. The first kappa shape index (κ1) is 18.6. The summed E-state index contributed by atoms with van der Waals surface area (Å²) in [6.07, 6.45) is 0.298. The Kier molecular flexibility index (Phi) is 5.74. The molecule has 0 radical (unpaired) electrons. The van der Waals surface area contributed by atoms with Crippen molar-refractivity contribution in [2.45, 2.75) is 50.9 Å². The number of alkyl halides is 3. The minimum Gasteiger partial charge on any atom is -0.382 e. The molecule has 2 amide bonds. The Morgan fingerprint density at radius 1 is 1.50 bits per heavy atom. The van der Waals surface area contributed by atoms with Gasteiger partial charge in [-0.1, -0.05) is 13.3 Å². The molecule has 9 heteroatoms. The number of hydrogen-bond donors (Lipinski definition) is 1. The van der Waals surface area contributed by atoms with Crippen LogP contribution in [0.1, 0.15) is 32.6 Å². The first-order chi connectivity index (χ1) is 11.3. The highest BCUT2D eigenvalue weighted by Crippen LogP contribution is 2.34. The number of likely N-dealkylation sites (tertiary alicyclic amines) is 1. The molecule has 1 aliphatic heterocycles. The summed E-state index contributed by atoms with van der Waals surface area (Å²) in [4.78, 5) is 14.3. The number of nitrogens with zero attached hydrogens (tertiary/aromatic N) is 3. The fourth-order valence-electron chi connectivity index (χ4n) is 3.35. The quantitative estimate of drug-likeness (QED) is 0.858. The Balaban J connectivity index is 2.05. The standard InChI is InChI=1S/C15H23F3N4O2/c1-3-6-14(11-24-2)7-4-8-22(14)13(23)19-12-5-9-21(20-12)10-15(16,17)18/h5,9H,3-4,6-8,10-11H2,1-2H3,(H,19,20,23)/t14-/m1/s1. The van der Waals surface area contributed by atoms with Crippen LogP contribution in [0.4, 0.5) is 23.8 Å². The number of hydrogen-bond acceptors (Lipinski definition) is 3. The van der Waals surface area contributed by atoms with E-state index in [0.717, 1.165) is 30.4 Å². The molecular weight excluding hydrogens is 325 g/mol. The number of carbonyl (C=O) groups is 1. The van der Waals surface area contributed by atoms with E-state index >= 15 is 0 Å². The van der Waals surface area contributed by atoms with Gasteiger partial charge in [0.15, 0.2) is 5.82 Å². The van der Waals surface area contributed by atoms with Crippen molar-refractivity contribution in [1.29, 1.82) is 0 Å². The van der Waals surface area contributed by atoms with Crippen LogP contribution < -0.4 is 5.32 Å². The van der Waals surface area contributed by atoms with E-state index in [1.54, 1.807) is 12.0 Å². The third-order valence-corrected chi connectivity index (χ3v) is 4.19. The minimum atomic E-state index is -4.35. The number of urea groups is 1. The predicted molar refractivity (Wildman–Crippen MR) is 82.8 cm³/mol. The molecule has 0 unspecified atom stereocenters. The first-order valence-corrected chi connectivity index (χ1v) is 7.97. The van der Waals surface area contributed by atoms with Gasteiger partial charge in [-0.2, -0.15) is 18.3 Å². The van der Waals surface area contributed by atoms with Crippen LogP contribution in [0, 0.1) is 0 Å². The van der Waals surface area contributed by atoms with E-state index in [4.69, 9.17) is 4.74 Å². The number of ether oxygens (including phenoxy) is 1. The molecule has 1 N–H and O–H groups in total. The molecule has 24 heavy (non-hydrogen) atoms. The van der Waals surface area contributed by atoms with Gasteiger partial charge in [0.1, 0.15) is 6.54 Å². The molecule has 1 saturated heterocycles. The van der Waals surface area contributed by atoms with Crippen LogP contribution in [0.15, 0.2) is 12.3 Å². The zero-order chi connectivity index (χ0) is 17.8. The van der Waals surface area contributed by atoms with Crippen molar-refractivity contribution in [3.63, 3.8) is 0 Å². The minimum absolute atomic E-state index is 0.110. The molecule has 1 aromatic rings. The molecule has 2 heterocycles. The fourth-order valence-corrected chi connectivity index (χ4v) is 3.35. The predicted octanol–water partition coefficient (Wildman–Crippen LogP) is 3.26. The number of halogens is 3. The van der Waals surface area contributed by atoms with Crippen molar-refractivity contribution < 1.29 is 22.7 Å². The Morgan fingerprint density at radius 2 is 2.25 bits per heavy atom. The third kappa shape index (κ3) is 4.40. The number of carbonyl (C=O) groups excluding carboxylic acids is 1. The Labute approximate surface area is 138 Å². The molecule has 1 aromatic heterocycles. The molecule has 1 fully saturated rings. The van der Waals surface area contributed by atoms with E-state index in [-0.39, 0.29) is 17.4 Å². The van der Waals surface area contributed by atoms with E-state index < -0.39 is 12.7 Å². The maximum absolute atomic E-state index is 12.6. The first-order valence-electron chi connectivity index (χ1n) is 7.97. The second kappa shape index (κ2) is 7.42.